The summed E-state index contributed by atoms with van der Waals surface area (Å²) < 4.78 is 5.57. The molecule has 10 nitrogen and oxygen atoms in total. The summed E-state index contributed by atoms with van der Waals surface area (Å²) in [6.45, 7) is 20.1. The van der Waals surface area contributed by atoms with Gasteiger partial charge in [0, 0.05) is 37.3 Å². The Kier molecular flexibility index (Phi) is 14.3. The molecule has 3 amide bonds. The molecule has 238 valence electrons. The summed E-state index contributed by atoms with van der Waals surface area (Å²) in [6.07, 6.45) is 1.99. The van der Waals surface area contributed by atoms with Crippen molar-refractivity contribution in [3.05, 3.63) is 41.5 Å². The molecule has 0 aliphatic heterocycles. The number of hydrogen-bond acceptors (Lipinski definition) is 6. The third kappa shape index (κ3) is 11.7. The normalized spacial score (nSPS) is 13.6. The summed E-state index contributed by atoms with van der Waals surface area (Å²) in [7, 11) is 3.03. The maximum absolute atomic E-state index is 14.0. The van der Waals surface area contributed by atoms with Gasteiger partial charge in [-0.3, -0.25) is 14.5 Å². The summed E-state index contributed by atoms with van der Waals surface area (Å²) >= 11 is 0. The number of aliphatic carboxylic acids is 1. The highest BCUT2D eigenvalue weighted by Crippen LogP contribution is 2.33. The fourth-order valence-electron chi connectivity index (χ4n) is 4.07. The van der Waals surface area contributed by atoms with Crippen LogP contribution >= 0.6 is 0 Å². The zero-order valence-corrected chi connectivity index (χ0v) is 27.9. The Hall–Kier alpha value is -3.56. The van der Waals surface area contributed by atoms with Gasteiger partial charge in [0.2, 0.25) is 11.8 Å². The average molecular weight is 591 g/mol. The van der Waals surface area contributed by atoms with Gasteiger partial charge in [0.15, 0.2) is 0 Å². The smallest absolute Gasteiger partial charge is 0.410 e. The number of nitrogen functional groups attached to an aromatic ring is 1. The van der Waals surface area contributed by atoms with Gasteiger partial charge in [-0.2, -0.15) is 0 Å². The Morgan fingerprint density at radius 1 is 1.02 bits per heavy atom. The molecule has 2 atom stereocenters. The number of carbonyl (C=O) groups is 4. The van der Waals surface area contributed by atoms with E-state index >= 15 is 0 Å². The molecule has 0 heterocycles. The number of anilines is 1. The Morgan fingerprint density at radius 3 is 1.98 bits per heavy atom. The lowest BCUT2D eigenvalue weighted by atomic mass is 9.76. The number of benzene rings is 1. The van der Waals surface area contributed by atoms with Crippen molar-refractivity contribution in [1.29, 1.82) is 0 Å². The SMILES string of the molecule is C/C(=C\CN(C)C(=O)C(NC(=O)C(N(C)C(=O)OC(C)(C)C)C(C)(C)c1cccc(N)c1)C(C)(C)C)C(=O)O.CCC. The number of nitrogens with one attached hydrogen (secondary N) is 1. The van der Waals surface area contributed by atoms with Crippen LogP contribution in [-0.2, 0) is 24.5 Å². The monoisotopic (exact) mass is 590 g/mol. The molecule has 0 saturated heterocycles. The minimum atomic E-state index is -1.08. The van der Waals surface area contributed by atoms with E-state index in [1.165, 1.54) is 36.3 Å². The van der Waals surface area contributed by atoms with Crippen molar-refractivity contribution < 1.29 is 29.0 Å². The molecule has 0 aromatic heterocycles. The van der Waals surface area contributed by atoms with Gasteiger partial charge in [-0.05, 0) is 50.8 Å². The zero-order chi connectivity index (χ0) is 33.2. The molecule has 0 bridgehead atoms. The van der Waals surface area contributed by atoms with Crippen LogP contribution in [0.2, 0.25) is 0 Å². The van der Waals surface area contributed by atoms with Gasteiger partial charge >= 0.3 is 12.1 Å². The van der Waals surface area contributed by atoms with Gasteiger partial charge in [0.1, 0.15) is 17.7 Å². The highest BCUT2D eigenvalue weighted by Gasteiger charge is 2.45. The van der Waals surface area contributed by atoms with E-state index in [0.29, 0.717) is 5.69 Å². The third-order valence-corrected chi connectivity index (χ3v) is 6.42. The minimum absolute atomic E-state index is 0.0510. The van der Waals surface area contributed by atoms with Crippen molar-refractivity contribution in [1.82, 2.24) is 15.1 Å². The molecule has 0 aliphatic rings. The number of amides is 3. The van der Waals surface area contributed by atoms with Crippen LogP contribution in [0, 0.1) is 5.41 Å². The predicted octanol–water partition coefficient (Wildman–Crippen LogP) is 5.22. The van der Waals surface area contributed by atoms with Gasteiger partial charge in [0.05, 0.1) is 0 Å². The van der Waals surface area contributed by atoms with Crippen molar-refractivity contribution in [2.45, 2.75) is 106 Å². The Bertz CT molecular complexity index is 1110. The van der Waals surface area contributed by atoms with Crippen LogP contribution in [0.15, 0.2) is 35.9 Å². The summed E-state index contributed by atoms with van der Waals surface area (Å²) in [5.74, 6) is -2.02. The Morgan fingerprint density at radius 2 is 1.55 bits per heavy atom. The quantitative estimate of drug-likeness (QED) is 0.264. The predicted molar refractivity (Wildman–Crippen MR) is 168 cm³/mol. The molecule has 1 aromatic rings. The number of likely N-dealkylation sites (N-methyl/N-ethyl adjacent to an activating group) is 2. The van der Waals surface area contributed by atoms with E-state index in [4.69, 9.17) is 15.6 Å². The van der Waals surface area contributed by atoms with E-state index in [1.807, 2.05) is 40.7 Å². The van der Waals surface area contributed by atoms with Crippen molar-refractivity contribution >= 4 is 29.6 Å². The first-order chi connectivity index (χ1) is 19.0. The van der Waals surface area contributed by atoms with Gasteiger partial charge in [-0.25, -0.2) is 9.59 Å². The fourth-order valence-corrected chi connectivity index (χ4v) is 4.07. The van der Waals surface area contributed by atoms with E-state index in [2.05, 4.69) is 19.2 Å². The van der Waals surface area contributed by atoms with Crippen molar-refractivity contribution in [3.63, 3.8) is 0 Å². The number of hydrogen-bond donors (Lipinski definition) is 3. The first kappa shape index (κ1) is 38.4. The maximum atomic E-state index is 14.0. The lowest BCUT2D eigenvalue weighted by Gasteiger charge is -2.42. The number of carboxylic acid groups (broad SMARTS) is 1. The highest BCUT2D eigenvalue weighted by atomic mass is 16.6. The molecule has 0 radical (unpaired) electrons. The lowest BCUT2D eigenvalue weighted by molar-refractivity contribution is -0.140. The maximum Gasteiger partial charge on any atom is 0.410 e. The molecular formula is C32H54N4O6. The fraction of sp³-hybridized carbons (Fsp3) is 0.625. The third-order valence-electron chi connectivity index (χ3n) is 6.42. The Balaban J connectivity index is 0.00000535. The van der Waals surface area contributed by atoms with E-state index in [9.17, 15) is 19.2 Å². The van der Waals surface area contributed by atoms with E-state index in [0.717, 1.165) is 5.56 Å². The van der Waals surface area contributed by atoms with Gasteiger partial charge in [-0.15, -0.1) is 0 Å². The largest absolute Gasteiger partial charge is 0.478 e. The van der Waals surface area contributed by atoms with Gasteiger partial charge < -0.3 is 25.8 Å². The number of rotatable bonds is 9. The molecule has 10 heteroatoms. The minimum Gasteiger partial charge on any atom is -0.478 e. The topological polar surface area (TPSA) is 142 Å². The first-order valence-corrected chi connectivity index (χ1v) is 14.3. The van der Waals surface area contributed by atoms with Crippen LogP contribution in [0.5, 0.6) is 0 Å². The highest BCUT2D eigenvalue weighted by molar-refractivity contribution is 5.93. The standard InChI is InChI=1S/C29H46N4O6.C3H8/c1-18(25(36)37)15-16-32(10)24(35)21(27(2,3)4)31-23(34)22(33(11)26(38)39-28(5,6)7)29(8,9)19-13-12-14-20(30)17-19;1-3-2/h12-15,17,21-22H,16,30H2,1-11H3,(H,31,34)(H,36,37);3H2,1-2H3/b18-15+;. The summed E-state index contributed by atoms with van der Waals surface area (Å²) in [5.41, 5.74) is 4.94. The number of carboxylic acids is 1. The molecule has 1 aromatic carbocycles. The molecule has 0 spiro atoms. The number of nitrogens with zero attached hydrogens (tertiary/aromatic N) is 2. The van der Waals surface area contributed by atoms with Crippen LogP contribution in [0.3, 0.4) is 0 Å². The molecule has 0 aliphatic carbocycles. The molecular weight excluding hydrogens is 536 g/mol. The van der Waals surface area contributed by atoms with Crippen LogP contribution in [0.4, 0.5) is 10.5 Å². The van der Waals surface area contributed by atoms with Crippen LogP contribution in [0.1, 0.15) is 88.1 Å². The van der Waals surface area contributed by atoms with E-state index in [-0.39, 0.29) is 12.1 Å². The molecule has 42 heavy (non-hydrogen) atoms. The van der Waals surface area contributed by atoms with Gasteiger partial charge in [0.25, 0.3) is 0 Å². The molecule has 2 unspecified atom stereocenters. The summed E-state index contributed by atoms with van der Waals surface area (Å²) in [6, 6.07) is 5.04. The van der Waals surface area contributed by atoms with Crippen LogP contribution in [-0.4, -0.2) is 77.1 Å². The zero-order valence-electron chi connectivity index (χ0n) is 27.9. The summed E-state index contributed by atoms with van der Waals surface area (Å²) in [4.78, 5) is 54.5. The van der Waals surface area contributed by atoms with Crippen LogP contribution in [0.25, 0.3) is 0 Å². The lowest BCUT2D eigenvalue weighted by Crippen LogP contribution is -2.62. The van der Waals surface area contributed by atoms with Crippen molar-refractivity contribution in [2.75, 3.05) is 26.4 Å². The second-order valence-corrected chi connectivity index (χ2v) is 13.3. The molecule has 0 saturated carbocycles. The molecule has 1 rings (SSSR count). The van der Waals surface area contributed by atoms with Crippen molar-refractivity contribution in [3.8, 4) is 0 Å². The number of ether oxygens (including phenoxy) is 1. The second kappa shape index (κ2) is 15.6. The summed E-state index contributed by atoms with van der Waals surface area (Å²) in [5, 5.41) is 12.0. The van der Waals surface area contributed by atoms with Gasteiger partial charge in [-0.1, -0.05) is 73.1 Å². The first-order valence-electron chi connectivity index (χ1n) is 14.3. The number of nitrogens with two attached hydrogens (primary N) is 1. The average Bonchev–Trinajstić information content (AvgIpc) is 2.83. The second-order valence-electron chi connectivity index (χ2n) is 13.3. The number of carbonyl (C=O) groups excluding carboxylic acids is 3. The molecule has 0 fully saturated rings. The Labute approximate surface area is 252 Å². The van der Waals surface area contributed by atoms with E-state index in [1.54, 1.807) is 46.0 Å². The van der Waals surface area contributed by atoms with Crippen LogP contribution < -0.4 is 11.1 Å². The molecule has 4 N–H and O–H groups in total. The van der Waals surface area contributed by atoms with Crippen molar-refractivity contribution in [2.24, 2.45) is 5.41 Å². The van der Waals surface area contributed by atoms with E-state index < -0.39 is 52.4 Å².